The molecule has 0 amide bonds. The van der Waals surface area contributed by atoms with E-state index in [0.717, 1.165) is 26.2 Å². The zero-order valence-corrected chi connectivity index (χ0v) is 12.5. The van der Waals surface area contributed by atoms with E-state index in [1.165, 1.54) is 24.2 Å². The second-order valence-electron chi connectivity index (χ2n) is 5.19. The fourth-order valence-corrected chi connectivity index (χ4v) is 2.24. The average Bonchev–Trinajstić information content (AvgIpc) is 2.52. The van der Waals surface area contributed by atoms with Crippen molar-refractivity contribution in [1.29, 1.82) is 0 Å². The molecule has 4 nitrogen and oxygen atoms in total. The molecule has 1 saturated heterocycles. The Bertz CT molecular complexity index is 354. The number of hydrogen-bond donors (Lipinski definition) is 1. The molecule has 0 unspecified atom stereocenters. The van der Waals surface area contributed by atoms with Gasteiger partial charge in [-0.15, -0.1) is 12.4 Å². The van der Waals surface area contributed by atoms with Crippen molar-refractivity contribution in [3.8, 4) is 0 Å². The lowest BCUT2D eigenvalue weighted by molar-refractivity contribution is 0.284. The third-order valence-electron chi connectivity index (χ3n) is 3.37. The molecule has 0 bridgehead atoms. The van der Waals surface area contributed by atoms with E-state index in [4.69, 9.17) is 0 Å². The minimum absolute atomic E-state index is 0. The molecule has 0 spiro atoms. The van der Waals surface area contributed by atoms with Crippen LogP contribution in [-0.2, 0) is 6.54 Å². The lowest BCUT2D eigenvalue weighted by atomic mass is 10.2. The molecule has 1 aliphatic heterocycles. The molecule has 2 rings (SSSR count). The van der Waals surface area contributed by atoms with Crippen molar-refractivity contribution in [1.82, 2.24) is 20.0 Å². The van der Waals surface area contributed by atoms with Crippen LogP contribution >= 0.6 is 12.4 Å². The largest absolute Gasteiger partial charge is 0.315 e. The molecule has 0 radical (unpaired) electrons. The maximum absolute atomic E-state index is 4.57. The van der Waals surface area contributed by atoms with Gasteiger partial charge in [-0.3, -0.25) is 9.58 Å². The summed E-state index contributed by atoms with van der Waals surface area (Å²) in [7, 11) is 0. The first kappa shape index (κ1) is 15.5. The van der Waals surface area contributed by atoms with Crippen molar-refractivity contribution in [3.63, 3.8) is 0 Å². The Balaban J connectivity index is 0.00000162. The summed E-state index contributed by atoms with van der Waals surface area (Å²) in [4.78, 5) is 2.52. The Morgan fingerprint density at radius 2 is 2.11 bits per heavy atom. The molecule has 5 heteroatoms. The lowest BCUT2D eigenvalue weighted by Crippen LogP contribution is -2.27. The highest BCUT2D eigenvalue weighted by atomic mass is 35.5. The predicted octanol–water partition coefficient (Wildman–Crippen LogP) is 1.99. The summed E-state index contributed by atoms with van der Waals surface area (Å²) in [6.07, 6.45) is 3.45. The molecule has 1 fully saturated rings. The summed E-state index contributed by atoms with van der Waals surface area (Å²) >= 11 is 0. The highest BCUT2D eigenvalue weighted by Crippen LogP contribution is 2.13. The number of hydrogen-bond acceptors (Lipinski definition) is 3. The van der Waals surface area contributed by atoms with Gasteiger partial charge in [-0.2, -0.15) is 5.10 Å². The Morgan fingerprint density at radius 1 is 1.33 bits per heavy atom. The molecule has 0 saturated carbocycles. The zero-order chi connectivity index (χ0) is 12.3. The second kappa shape index (κ2) is 7.12. The summed E-state index contributed by atoms with van der Waals surface area (Å²) in [5.74, 6) is 0. The smallest absolute Gasteiger partial charge is 0.0638 e. The molecule has 0 atom stereocenters. The fraction of sp³-hybridized carbons (Fsp3) is 0.769. The fourth-order valence-electron chi connectivity index (χ4n) is 2.24. The summed E-state index contributed by atoms with van der Waals surface area (Å²) in [6.45, 7) is 12.1. The number of rotatable bonds is 3. The van der Waals surface area contributed by atoms with Crippen LogP contribution in [0.25, 0.3) is 0 Å². The van der Waals surface area contributed by atoms with Gasteiger partial charge in [0.05, 0.1) is 5.69 Å². The normalized spacial score (nSPS) is 17.6. The molecule has 1 aliphatic rings. The van der Waals surface area contributed by atoms with Crippen LogP contribution in [0.4, 0.5) is 0 Å². The van der Waals surface area contributed by atoms with Crippen LogP contribution in [0.15, 0.2) is 6.20 Å². The number of nitrogens with zero attached hydrogens (tertiary/aromatic N) is 3. The first-order chi connectivity index (χ1) is 8.16. The van der Waals surface area contributed by atoms with Gasteiger partial charge in [0.15, 0.2) is 0 Å². The molecule has 1 aromatic heterocycles. The molecule has 0 aromatic carbocycles. The quantitative estimate of drug-likeness (QED) is 0.914. The first-order valence-electron chi connectivity index (χ1n) is 6.64. The van der Waals surface area contributed by atoms with E-state index in [2.05, 4.69) is 47.0 Å². The zero-order valence-electron chi connectivity index (χ0n) is 11.6. The van der Waals surface area contributed by atoms with E-state index >= 15 is 0 Å². The second-order valence-corrected chi connectivity index (χ2v) is 5.19. The average molecular weight is 273 g/mol. The minimum atomic E-state index is 0. The van der Waals surface area contributed by atoms with Gasteiger partial charge in [0.2, 0.25) is 0 Å². The van der Waals surface area contributed by atoms with Gasteiger partial charge in [0.1, 0.15) is 0 Å². The Morgan fingerprint density at radius 3 is 2.78 bits per heavy atom. The Labute approximate surface area is 116 Å². The third-order valence-corrected chi connectivity index (χ3v) is 3.37. The number of aromatic nitrogens is 2. The number of nitrogens with one attached hydrogen (secondary N) is 1. The van der Waals surface area contributed by atoms with Gasteiger partial charge in [-0.1, -0.05) is 0 Å². The summed E-state index contributed by atoms with van der Waals surface area (Å²) in [6, 6.07) is 0.452. The van der Waals surface area contributed by atoms with Crippen molar-refractivity contribution in [3.05, 3.63) is 17.5 Å². The SMILES string of the molecule is Cc1nn(C(C)C)cc1CN1CCCNCC1.Cl. The molecule has 104 valence electrons. The standard InChI is InChI=1S/C13H24N4.ClH/c1-11(2)17-10-13(12(3)15-17)9-16-7-4-5-14-6-8-16;/h10-11,14H,4-9H2,1-3H3;1H. The molecule has 1 N–H and O–H groups in total. The molecular weight excluding hydrogens is 248 g/mol. The van der Waals surface area contributed by atoms with Crippen LogP contribution in [0.5, 0.6) is 0 Å². The van der Waals surface area contributed by atoms with E-state index in [-0.39, 0.29) is 12.4 Å². The highest BCUT2D eigenvalue weighted by molar-refractivity contribution is 5.85. The van der Waals surface area contributed by atoms with Crippen LogP contribution in [0.2, 0.25) is 0 Å². The predicted molar refractivity (Wildman–Crippen MR) is 77.4 cm³/mol. The van der Waals surface area contributed by atoms with E-state index in [0.29, 0.717) is 6.04 Å². The van der Waals surface area contributed by atoms with Crippen LogP contribution < -0.4 is 5.32 Å². The minimum Gasteiger partial charge on any atom is -0.315 e. The summed E-state index contributed by atoms with van der Waals surface area (Å²) in [5, 5.41) is 8.01. The van der Waals surface area contributed by atoms with Gasteiger partial charge in [0, 0.05) is 37.4 Å². The monoisotopic (exact) mass is 272 g/mol. The van der Waals surface area contributed by atoms with E-state index in [1.54, 1.807) is 0 Å². The number of halogens is 1. The first-order valence-corrected chi connectivity index (χ1v) is 6.64. The van der Waals surface area contributed by atoms with Crippen molar-refractivity contribution in [2.75, 3.05) is 26.2 Å². The van der Waals surface area contributed by atoms with Crippen LogP contribution in [0, 0.1) is 6.92 Å². The molecular formula is C13H25ClN4. The molecule has 0 aliphatic carbocycles. The van der Waals surface area contributed by atoms with Gasteiger partial charge in [0.25, 0.3) is 0 Å². The van der Waals surface area contributed by atoms with Crippen molar-refractivity contribution in [2.24, 2.45) is 0 Å². The maximum atomic E-state index is 4.57. The topological polar surface area (TPSA) is 33.1 Å². The Hall–Kier alpha value is -0.580. The van der Waals surface area contributed by atoms with E-state index in [9.17, 15) is 0 Å². The van der Waals surface area contributed by atoms with Gasteiger partial charge >= 0.3 is 0 Å². The van der Waals surface area contributed by atoms with E-state index in [1.807, 2.05) is 0 Å². The third kappa shape index (κ3) is 3.97. The van der Waals surface area contributed by atoms with E-state index < -0.39 is 0 Å². The molecule has 18 heavy (non-hydrogen) atoms. The van der Waals surface area contributed by atoms with Gasteiger partial charge < -0.3 is 5.32 Å². The summed E-state index contributed by atoms with van der Waals surface area (Å²) in [5.41, 5.74) is 2.55. The van der Waals surface area contributed by atoms with Gasteiger partial charge in [-0.05, 0) is 40.3 Å². The number of aryl methyl sites for hydroxylation is 1. The van der Waals surface area contributed by atoms with Gasteiger partial charge in [-0.25, -0.2) is 0 Å². The summed E-state index contributed by atoms with van der Waals surface area (Å²) < 4.78 is 2.07. The lowest BCUT2D eigenvalue weighted by Gasteiger charge is -2.18. The molecule has 1 aromatic rings. The van der Waals surface area contributed by atoms with Crippen molar-refractivity contribution < 1.29 is 0 Å². The Kier molecular flexibility index (Phi) is 6.12. The molecule has 2 heterocycles. The highest BCUT2D eigenvalue weighted by Gasteiger charge is 2.13. The van der Waals surface area contributed by atoms with Crippen LogP contribution in [0.3, 0.4) is 0 Å². The van der Waals surface area contributed by atoms with Crippen LogP contribution in [0.1, 0.15) is 37.6 Å². The van der Waals surface area contributed by atoms with Crippen LogP contribution in [-0.4, -0.2) is 40.9 Å². The maximum Gasteiger partial charge on any atom is 0.0638 e. The van der Waals surface area contributed by atoms with Crippen molar-refractivity contribution in [2.45, 2.75) is 39.8 Å². The van der Waals surface area contributed by atoms with Crippen molar-refractivity contribution >= 4 is 12.4 Å².